The van der Waals surface area contributed by atoms with Crippen LogP contribution in [0.2, 0.25) is 0 Å². The van der Waals surface area contributed by atoms with E-state index in [0.29, 0.717) is 19.8 Å². The van der Waals surface area contributed by atoms with Crippen LogP contribution in [0, 0.1) is 0 Å². The molecule has 0 aliphatic rings. The van der Waals surface area contributed by atoms with Gasteiger partial charge in [-0.15, -0.1) is 0 Å². The Balaban J connectivity index is 0. The highest BCUT2D eigenvalue weighted by Crippen LogP contribution is 2.09. The highest BCUT2D eigenvalue weighted by Gasteiger charge is 2.28. The standard InChI is InChI=1S/C8H18O4.C4H11N/c1-4-10-7-8(9,11-5-2)12-6-3;1-4(2,3)5/h9H,4-7H2,1-3H3;5H2,1-3H3. The molecular weight excluding hydrogens is 222 g/mol. The monoisotopic (exact) mass is 251 g/mol. The van der Waals surface area contributed by atoms with Crippen molar-refractivity contribution in [1.82, 2.24) is 0 Å². The van der Waals surface area contributed by atoms with E-state index in [-0.39, 0.29) is 12.1 Å². The molecule has 0 bridgehead atoms. The van der Waals surface area contributed by atoms with E-state index >= 15 is 0 Å². The Labute approximate surface area is 105 Å². The minimum atomic E-state index is -1.57. The molecule has 3 N–H and O–H groups in total. The fourth-order valence-electron chi connectivity index (χ4n) is 0.807. The Bertz CT molecular complexity index is 156. The largest absolute Gasteiger partial charge is 0.373 e. The summed E-state index contributed by atoms with van der Waals surface area (Å²) in [5, 5.41) is 9.57. The van der Waals surface area contributed by atoms with Gasteiger partial charge in [0.15, 0.2) is 0 Å². The summed E-state index contributed by atoms with van der Waals surface area (Å²) >= 11 is 0. The van der Waals surface area contributed by atoms with Gasteiger partial charge in [0.05, 0.1) is 0 Å². The maximum atomic E-state index is 9.57. The Morgan fingerprint density at radius 3 is 1.53 bits per heavy atom. The minimum Gasteiger partial charge on any atom is -0.373 e. The van der Waals surface area contributed by atoms with Crippen molar-refractivity contribution in [3.63, 3.8) is 0 Å². The summed E-state index contributed by atoms with van der Waals surface area (Å²) in [4.78, 5) is 0. The third-order valence-electron chi connectivity index (χ3n) is 1.23. The minimum absolute atomic E-state index is 0. The lowest BCUT2D eigenvalue weighted by molar-refractivity contribution is -0.373. The first-order valence-corrected chi connectivity index (χ1v) is 6.05. The first-order valence-electron chi connectivity index (χ1n) is 6.05. The lowest BCUT2D eigenvalue weighted by Crippen LogP contribution is -2.40. The lowest BCUT2D eigenvalue weighted by Gasteiger charge is -2.26. The molecule has 0 fully saturated rings. The second-order valence-corrected chi connectivity index (χ2v) is 4.58. The van der Waals surface area contributed by atoms with Crippen LogP contribution in [-0.2, 0) is 14.2 Å². The molecule has 0 saturated heterocycles. The van der Waals surface area contributed by atoms with Gasteiger partial charge in [-0.2, -0.15) is 0 Å². The van der Waals surface area contributed by atoms with E-state index < -0.39 is 5.97 Å². The van der Waals surface area contributed by atoms with Crippen LogP contribution in [0.15, 0.2) is 0 Å². The first kappa shape index (κ1) is 19.1. The Kier molecular flexibility index (Phi) is 11.0. The van der Waals surface area contributed by atoms with E-state index in [2.05, 4.69) is 0 Å². The molecule has 0 amide bonds. The van der Waals surface area contributed by atoms with Crippen LogP contribution in [-0.4, -0.2) is 43.0 Å². The fourth-order valence-corrected chi connectivity index (χ4v) is 0.807. The summed E-state index contributed by atoms with van der Waals surface area (Å²) in [6, 6.07) is 0. The highest BCUT2D eigenvalue weighted by atomic mass is 16.8. The zero-order chi connectivity index (χ0) is 13.9. The average molecular weight is 251 g/mol. The molecule has 0 saturated carbocycles. The van der Waals surface area contributed by atoms with E-state index in [4.69, 9.17) is 19.9 Å². The van der Waals surface area contributed by atoms with Crippen molar-refractivity contribution in [2.45, 2.75) is 53.1 Å². The van der Waals surface area contributed by atoms with Crippen LogP contribution in [0.4, 0.5) is 0 Å². The van der Waals surface area contributed by atoms with Crippen molar-refractivity contribution in [2.24, 2.45) is 5.73 Å². The van der Waals surface area contributed by atoms with E-state index in [1.807, 2.05) is 27.7 Å². The van der Waals surface area contributed by atoms with Crippen LogP contribution < -0.4 is 5.73 Å². The summed E-state index contributed by atoms with van der Waals surface area (Å²) in [5.74, 6) is -1.57. The average Bonchev–Trinajstić information content (AvgIpc) is 2.13. The van der Waals surface area contributed by atoms with Gasteiger partial charge >= 0.3 is 5.97 Å². The van der Waals surface area contributed by atoms with Crippen molar-refractivity contribution < 1.29 is 19.3 Å². The molecule has 5 nitrogen and oxygen atoms in total. The molecule has 0 aliphatic heterocycles. The van der Waals surface area contributed by atoms with Gasteiger partial charge in [0.25, 0.3) is 0 Å². The molecule has 5 heteroatoms. The molecule has 0 aliphatic carbocycles. The number of aliphatic hydroxyl groups is 1. The predicted octanol–water partition coefficient (Wildman–Crippen LogP) is 1.49. The number of hydrogen-bond acceptors (Lipinski definition) is 5. The Morgan fingerprint density at radius 2 is 1.29 bits per heavy atom. The molecule has 106 valence electrons. The third-order valence-corrected chi connectivity index (χ3v) is 1.23. The van der Waals surface area contributed by atoms with Gasteiger partial charge in [-0.3, -0.25) is 0 Å². The second-order valence-electron chi connectivity index (χ2n) is 4.58. The van der Waals surface area contributed by atoms with E-state index in [1.165, 1.54) is 0 Å². The molecule has 0 aromatic carbocycles. The van der Waals surface area contributed by atoms with Gasteiger partial charge in [0.2, 0.25) is 0 Å². The van der Waals surface area contributed by atoms with Gasteiger partial charge < -0.3 is 25.1 Å². The third kappa shape index (κ3) is 18.4. The van der Waals surface area contributed by atoms with Crippen LogP contribution in [0.3, 0.4) is 0 Å². The maximum Gasteiger partial charge on any atom is 0.305 e. The van der Waals surface area contributed by atoms with Crippen LogP contribution >= 0.6 is 0 Å². The van der Waals surface area contributed by atoms with Crippen LogP contribution in [0.5, 0.6) is 0 Å². The van der Waals surface area contributed by atoms with Gasteiger partial charge in [-0.1, -0.05) is 0 Å². The quantitative estimate of drug-likeness (QED) is 0.671. The number of rotatable bonds is 7. The maximum absolute atomic E-state index is 9.57. The molecule has 0 spiro atoms. The van der Waals surface area contributed by atoms with Crippen LogP contribution in [0.25, 0.3) is 0 Å². The van der Waals surface area contributed by atoms with Crippen LogP contribution in [0.1, 0.15) is 41.5 Å². The smallest absolute Gasteiger partial charge is 0.305 e. The van der Waals surface area contributed by atoms with Crippen molar-refractivity contribution in [2.75, 3.05) is 26.4 Å². The van der Waals surface area contributed by atoms with Gasteiger partial charge in [0, 0.05) is 25.4 Å². The number of nitrogens with two attached hydrogens (primary N) is 1. The number of hydrogen-bond donors (Lipinski definition) is 2. The SMILES string of the molecule is CC(C)(C)N.CCOCC(O)(OCC)OCC. The molecular formula is C12H29NO4. The molecule has 0 aromatic rings. The molecule has 0 unspecified atom stereocenters. The van der Waals surface area contributed by atoms with Gasteiger partial charge in [-0.05, 0) is 41.5 Å². The fraction of sp³-hybridized carbons (Fsp3) is 1.00. The Morgan fingerprint density at radius 1 is 0.941 bits per heavy atom. The second kappa shape index (κ2) is 9.79. The number of ether oxygens (including phenoxy) is 3. The zero-order valence-corrected chi connectivity index (χ0v) is 12.1. The van der Waals surface area contributed by atoms with E-state index in [9.17, 15) is 5.11 Å². The zero-order valence-electron chi connectivity index (χ0n) is 12.1. The molecule has 17 heavy (non-hydrogen) atoms. The van der Waals surface area contributed by atoms with Gasteiger partial charge in [-0.25, -0.2) is 0 Å². The molecule has 0 heterocycles. The summed E-state index contributed by atoms with van der Waals surface area (Å²) in [6.07, 6.45) is 0. The van der Waals surface area contributed by atoms with Crippen molar-refractivity contribution in [3.05, 3.63) is 0 Å². The predicted molar refractivity (Wildman–Crippen MR) is 68.6 cm³/mol. The topological polar surface area (TPSA) is 73.9 Å². The molecule has 0 radical (unpaired) electrons. The summed E-state index contributed by atoms with van der Waals surface area (Å²) in [5.41, 5.74) is 5.35. The van der Waals surface area contributed by atoms with Crippen molar-refractivity contribution >= 4 is 0 Å². The Hall–Kier alpha value is -0.200. The normalized spacial score (nSPS) is 12.0. The lowest BCUT2D eigenvalue weighted by atomic mass is 10.1. The van der Waals surface area contributed by atoms with E-state index in [0.717, 1.165) is 0 Å². The first-order chi connectivity index (χ1) is 7.68. The molecule has 0 atom stereocenters. The molecule has 0 aromatic heterocycles. The van der Waals surface area contributed by atoms with Crippen molar-refractivity contribution in [1.29, 1.82) is 0 Å². The summed E-state index contributed by atoms with van der Waals surface area (Å²) in [7, 11) is 0. The molecule has 0 rings (SSSR count). The van der Waals surface area contributed by atoms with E-state index in [1.54, 1.807) is 13.8 Å². The summed E-state index contributed by atoms with van der Waals surface area (Å²) in [6.45, 7) is 12.7. The van der Waals surface area contributed by atoms with Crippen molar-refractivity contribution in [3.8, 4) is 0 Å². The summed E-state index contributed by atoms with van der Waals surface area (Å²) < 4.78 is 15.0. The van der Waals surface area contributed by atoms with Gasteiger partial charge in [0.1, 0.15) is 6.61 Å². The highest BCUT2D eigenvalue weighted by molar-refractivity contribution is 4.60.